The van der Waals surface area contributed by atoms with Crippen molar-refractivity contribution in [2.45, 2.75) is 69.9 Å². The van der Waals surface area contributed by atoms with Crippen molar-refractivity contribution in [3.63, 3.8) is 0 Å². The molecule has 0 aromatic heterocycles. The number of nitrogens with zero attached hydrogens (tertiary/aromatic N) is 1. The minimum atomic E-state index is -1.77. The summed E-state index contributed by atoms with van der Waals surface area (Å²) < 4.78 is 5.51. The van der Waals surface area contributed by atoms with Gasteiger partial charge in [0.1, 0.15) is 23.5 Å². The van der Waals surface area contributed by atoms with Gasteiger partial charge in [0.15, 0.2) is 12.1 Å². The third kappa shape index (κ3) is 7.31. The number of carbonyl (C=O) groups excluding carboxylic acids is 2. The van der Waals surface area contributed by atoms with Gasteiger partial charge in [0.25, 0.3) is 5.91 Å². The second-order valence-electron chi connectivity index (χ2n) is 8.75. The van der Waals surface area contributed by atoms with Crippen molar-refractivity contribution in [1.29, 1.82) is 0 Å². The van der Waals surface area contributed by atoms with E-state index >= 15 is 0 Å². The number of benzene rings is 1. The summed E-state index contributed by atoms with van der Waals surface area (Å²) in [6, 6.07) is 3.28. The van der Waals surface area contributed by atoms with Crippen LogP contribution in [0.3, 0.4) is 0 Å². The molecule has 10 N–H and O–H groups in total. The molecule has 0 unspecified atom stereocenters. The van der Waals surface area contributed by atoms with Gasteiger partial charge in [-0.05, 0) is 36.8 Å². The standard InChI is InChI=1S/C22H35N5O6/c1-11(2)9-14(16-10-12-5-3-7-15(28)17(12)21(32)33-16)27-20(31)19(30)18(29)13(23)6-4-8-26-22(24)25/h3,5,7,11,13-14,16,18-19,28-30H,4,6,8-10,23H2,1-2H3,(H,27,31)(H4,24,25,26)/t13-,14+,16-,18-,19-/m1/s1. The largest absolute Gasteiger partial charge is 0.507 e. The molecule has 1 aromatic carbocycles. The number of aliphatic hydroxyl groups is 2. The van der Waals surface area contributed by atoms with Crippen molar-refractivity contribution in [2.75, 3.05) is 6.54 Å². The molecule has 0 aliphatic carbocycles. The molecule has 1 aliphatic heterocycles. The Bertz CT molecular complexity index is 858. The lowest BCUT2D eigenvalue weighted by molar-refractivity contribution is -0.138. The SMILES string of the molecule is CC(C)C[C@H](NC(=O)[C@H](O)[C@H](O)[C@H](N)CCCN=C(N)N)[C@H]1Cc2cccc(O)c2C(=O)O1. The monoisotopic (exact) mass is 465 g/mol. The summed E-state index contributed by atoms with van der Waals surface area (Å²) in [6.45, 7) is 4.20. The lowest BCUT2D eigenvalue weighted by Gasteiger charge is -2.34. The van der Waals surface area contributed by atoms with E-state index in [-0.39, 0.29) is 36.0 Å². The second kappa shape index (κ2) is 11.8. The molecule has 11 nitrogen and oxygen atoms in total. The molecule has 0 spiro atoms. The van der Waals surface area contributed by atoms with E-state index in [9.17, 15) is 24.9 Å². The molecule has 1 aliphatic rings. The first-order valence-electron chi connectivity index (χ1n) is 11.0. The van der Waals surface area contributed by atoms with Gasteiger partial charge in [-0.1, -0.05) is 26.0 Å². The van der Waals surface area contributed by atoms with Crippen LogP contribution in [0.2, 0.25) is 0 Å². The van der Waals surface area contributed by atoms with Gasteiger partial charge in [-0.25, -0.2) is 4.79 Å². The van der Waals surface area contributed by atoms with Crippen molar-refractivity contribution < 1.29 is 29.6 Å². The highest BCUT2D eigenvalue weighted by atomic mass is 16.5. The normalized spacial score (nSPS) is 19.1. The molecule has 1 aromatic rings. The van der Waals surface area contributed by atoms with E-state index in [1.165, 1.54) is 6.07 Å². The van der Waals surface area contributed by atoms with Crippen LogP contribution in [-0.2, 0) is 16.0 Å². The van der Waals surface area contributed by atoms with Gasteiger partial charge >= 0.3 is 5.97 Å². The summed E-state index contributed by atoms with van der Waals surface area (Å²) >= 11 is 0. The number of hydrogen-bond donors (Lipinski definition) is 7. The van der Waals surface area contributed by atoms with Gasteiger partial charge in [0.05, 0.1) is 6.04 Å². The number of rotatable bonds is 11. The van der Waals surface area contributed by atoms with Crippen molar-refractivity contribution in [1.82, 2.24) is 5.32 Å². The molecule has 0 radical (unpaired) electrons. The fourth-order valence-electron chi connectivity index (χ4n) is 3.85. The summed E-state index contributed by atoms with van der Waals surface area (Å²) in [5, 5.41) is 33.4. The van der Waals surface area contributed by atoms with Gasteiger partial charge in [0, 0.05) is 19.0 Å². The first-order valence-corrected chi connectivity index (χ1v) is 11.0. The highest BCUT2D eigenvalue weighted by molar-refractivity contribution is 5.95. The van der Waals surface area contributed by atoms with E-state index in [4.69, 9.17) is 21.9 Å². The van der Waals surface area contributed by atoms with Gasteiger partial charge in [-0.15, -0.1) is 0 Å². The van der Waals surface area contributed by atoms with Crippen LogP contribution in [0.1, 0.15) is 49.0 Å². The Kier molecular flexibility index (Phi) is 9.44. The third-order valence-corrected chi connectivity index (χ3v) is 5.53. The molecule has 33 heavy (non-hydrogen) atoms. The number of hydrogen-bond acceptors (Lipinski definition) is 8. The first kappa shape index (κ1) is 26.4. The van der Waals surface area contributed by atoms with Gasteiger partial charge in [-0.3, -0.25) is 9.79 Å². The zero-order valence-electron chi connectivity index (χ0n) is 19.0. The van der Waals surface area contributed by atoms with E-state index in [1.807, 2.05) is 13.8 Å². The van der Waals surface area contributed by atoms with Crippen LogP contribution in [0.5, 0.6) is 5.75 Å². The Labute approximate surface area is 193 Å². The van der Waals surface area contributed by atoms with Crippen LogP contribution in [0.25, 0.3) is 0 Å². The fourth-order valence-corrected chi connectivity index (χ4v) is 3.85. The number of nitrogens with two attached hydrogens (primary N) is 3. The Morgan fingerprint density at radius 3 is 2.64 bits per heavy atom. The Balaban J connectivity index is 2.05. The number of esters is 1. The van der Waals surface area contributed by atoms with Crippen LogP contribution >= 0.6 is 0 Å². The van der Waals surface area contributed by atoms with Crippen LogP contribution < -0.4 is 22.5 Å². The molecule has 2 rings (SSSR count). The van der Waals surface area contributed by atoms with Gasteiger partial charge < -0.3 is 42.6 Å². The van der Waals surface area contributed by atoms with Crippen LogP contribution in [0, 0.1) is 5.92 Å². The number of amides is 1. The van der Waals surface area contributed by atoms with Crippen molar-refractivity contribution in [3.8, 4) is 5.75 Å². The molecule has 0 bridgehead atoms. The molecule has 0 fully saturated rings. The number of nitrogens with one attached hydrogen (secondary N) is 1. The predicted molar refractivity (Wildman–Crippen MR) is 122 cm³/mol. The molecule has 0 saturated carbocycles. The summed E-state index contributed by atoms with van der Waals surface area (Å²) in [5.74, 6) is -1.57. The number of carbonyl (C=O) groups is 2. The summed E-state index contributed by atoms with van der Waals surface area (Å²) in [5.41, 5.74) is 17.2. The first-order chi connectivity index (χ1) is 15.5. The zero-order valence-corrected chi connectivity index (χ0v) is 19.0. The van der Waals surface area contributed by atoms with Crippen LogP contribution in [-0.4, -0.2) is 70.1 Å². The highest BCUT2D eigenvalue weighted by Gasteiger charge is 2.37. The Morgan fingerprint density at radius 2 is 2.00 bits per heavy atom. The second-order valence-corrected chi connectivity index (χ2v) is 8.75. The number of aromatic hydroxyl groups is 1. The maximum atomic E-state index is 12.7. The number of phenols is 1. The van der Waals surface area contributed by atoms with E-state index in [0.717, 1.165) is 0 Å². The summed E-state index contributed by atoms with van der Waals surface area (Å²) in [4.78, 5) is 29.0. The van der Waals surface area contributed by atoms with Crippen LogP contribution in [0.15, 0.2) is 23.2 Å². The van der Waals surface area contributed by atoms with E-state index in [2.05, 4.69) is 10.3 Å². The minimum absolute atomic E-state index is 0.0547. The Morgan fingerprint density at radius 1 is 1.30 bits per heavy atom. The molecule has 0 saturated heterocycles. The number of ether oxygens (including phenoxy) is 1. The fraction of sp³-hybridized carbons (Fsp3) is 0.591. The average molecular weight is 466 g/mol. The van der Waals surface area contributed by atoms with Crippen LogP contribution in [0.4, 0.5) is 0 Å². The predicted octanol–water partition coefficient (Wildman–Crippen LogP) is -0.893. The van der Waals surface area contributed by atoms with Crippen molar-refractivity contribution in [3.05, 3.63) is 29.3 Å². The van der Waals surface area contributed by atoms with E-state index in [0.29, 0.717) is 24.9 Å². The topological polar surface area (TPSA) is 207 Å². The molecule has 11 heteroatoms. The molecular weight excluding hydrogens is 430 g/mol. The lowest BCUT2D eigenvalue weighted by atomic mass is 9.90. The molecular formula is C22H35N5O6. The average Bonchev–Trinajstić information content (AvgIpc) is 2.74. The van der Waals surface area contributed by atoms with Crippen molar-refractivity contribution in [2.24, 2.45) is 28.1 Å². The number of phenolic OH excluding ortho intramolecular Hbond substituents is 1. The number of aliphatic imine (C=N–C) groups is 1. The number of fused-ring (bicyclic) bond motifs is 1. The maximum Gasteiger partial charge on any atom is 0.342 e. The maximum absolute atomic E-state index is 12.7. The minimum Gasteiger partial charge on any atom is -0.507 e. The summed E-state index contributed by atoms with van der Waals surface area (Å²) in [7, 11) is 0. The molecule has 1 heterocycles. The van der Waals surface area contributed by atoms with Crippen molar-refractivity contribution >= 4 is 17.8 Å². The van der Waals surface area contributed by atoms with E-state index < -0.39 is 42.3 Å². The molecule has 1 amide bonds. The summed E-state index contributed by atoms with van der Waals surface area (Å²) in [6.07, 6.45) is -2.47. The smallest absolute Gasteiger partial charge is 0.342 e. The third-order valence-electron chi connectivity index (χ3n) is 5.53. The highest BCUT2D eigenvalue weighted by Crippen LogP contribution is 2.30. The quantitative estimate of drug-likeness (QED) is 0.0934. The lowest BCUT2D eigenvalue weighted by Crippen LogP contribution is -2.55. The number of aliphatic hydroxyl groups excluding tert-OH is 2. The van der Waals surface area contributed by atoms with Gasteiger partial charge in [-0.2, -0.15) is 0 Å². The van der Waals surface area contributed by atoms with E-state index in [1.54, 1.807) is 12.1 Å². The number of cyclic esters (lactones) is 1. The molecule has 184 valence electrons. The zero-order chi connectivity index (χ0) is 24.7. The van der Waals surface area contributed by atoms with Gasteiger partial charge in [0.2, 0.25) is 0 Å². The molecule has 5 atom stereocenters. The Hall–Kier alpha value is -2.89. The number of guanidine groups is 1.